The molecule has 0 amide bonds. The molecule has 5 aromatic rings. The van der Waals surface area contributed by atoms with E-state index < -0.39 is 66.5 Å². The monoisotopic (exact) mass is 1310 g/mol. The predicted octanol–water partition coefficient (Wildman–Crippen LogP) is 13.4. The second kappa shape index (κ2) is 35.1. The number of nitrogens with zero attached hydrogens (tertiary/aromatic N) is 3. The summed E-state index contributed by atoms with van der Waals surface area (Å²) in [5.74, 6) is -1.27. The lowest BCUT2D eigenvalue weighted by atomic mass is 9.84. The van der Waals surface area contributed by atoms with E-state index in [1.165, 1.54) is 50.5 Å². The molecule has 0 aliphatic rings. The van der Waals surface area contributed by atoms with Crippen LogP contribution < -0.4 is 10.4 Å². The van der Waals surface area contributed by atoms with Crippen LogP contribution in [0.2, 0.25) is 23.2 Å². The maximum absolute atomic E-state index is 14.8. The van der Waals surface area contributed by atoms with Crippen LogP contribution in [0, 0.1) is 23.7 Å². The van der Waals surface area contributed by atoms with Gasteiger partial charge in [-0.3, -0.25) is 23.7 Å². The fourth-order valence-corrected chi connectivity index (χ4v) is 18.0. The summed E-state index contributed by atoms with van der Waals surface area (Å²) in [6.45, 7) is 26.6. The van der Waals surface area contributed by atoms with E-state index in [1.54, 1.807) is 20.3 Å². The number of benzene rings is 2. The summed E-state index contributed by atoms with van der Waals surface area (Å²) in [6, 6.07) is 21.3. The molecule has 20 nitrogen and oxygen atoms in total. The maximum Gasteiger partial charge on any atom is 0.337 e. The first kappa shape index (κ1) is 75.4. The second-order valence-corrected chi connectivity index (χ2v) is 37.3. The Kier molecular flexibility index (Phi) is 29.4. The minimum absolute atomic E-state index is 0.0213. The zero-order valence-electron chi connectivity index (χ0n) is 56.1. The first-order valence-corrected chi connectivity index (χ1v) is 37.7. The maximum atomic E-state index is 14.8. The summed E-state index contributed by atoms with van der Waals surface area (Å²) in [7, 11) is -1.62. The highest BCUT2D eigenvalue weighted by Crippen LogP contribution is 2.46. The zero-order chi connectivity index (χ0) is 66.5. The first-order valence-electron chi connectivity index (χ1n) is 31.1. The average Bonchev–Trinajstić information content (AvgIpc) is 1.55. The molecule has 0 saturated heterocycles. The molecule has 0 aliphatic carbocycles. The summed E-state index contributed by atoms with van der Waals surface area (Å²) >= 11 is 0. The standard InChI is InChI=1S/C67H100N3O17PSi2/c1-46(34-35-57(73)48(3)63(87-89(16,17)66(5,6)7)47(2)36-37-85-90(67(8,9)10,53-28-20-18-21-29-53)54-30-22-19-23-31-54)59(78-13)39-60(86-62(74)38-52(84-45-76-11)27-24-26-51(72)44-88(75,79-14)80-15)49(4)58(77-12)32-25-33-61-69-55(42-81-61)65-70-56(43-83-65)64-68-50(40-71)41-82-64/h18-23,25,28-31,33,40-43,46-49,52,58-60,63H,24,26-27,32,34-39,44-45H2,1-17H3/b33-25+/t46-,47+,48-,49-,52+,58+,59+,60+,63+/m0/s1. The molecule has 9 atom stereocenters. The smallest absolute Gasteiger partial charge is 0.337 e. The van der Waals surface area contributed by atoms with Crippen molar-refractivity contribution < 1.29 is 78.6 Å². The highest BCUT2D eigenvalue weighted by atomic mass is 31.2. The van der Waals surface area contributed by atoms with Gasteiger partial charge in [0, 0.05) is 73.3 Å². The molecule has 0 spiro atoms. The summed E-state index contributed by atoms with van der Waals surface area (Å²) in [4.78, 5) is 65.9. The third-order valence-electron chi connectivity index (χ3n) is 17.6. The molecular formula is C67H100N3O17PSi2. The average molecular weight is 1310 g/mol. The van der Waals surface area contributed by atoms with Crippen LogP contribution in [-0.4, -0.2) is 141 Å². The van der Waals surface area contributed by atoms with E-state index in [2.05, 4.69) is 132 Å². The fourth-order valence-electron chi connectivity index (χ4n) is 11.0. The number of methoxy groups -OCH3 is 3. The van der Waals surface area contributed by atoms with E-state index in [-0.39, 0.29) is 107 Å². The van der Waals surface area contributed by atoms with Crippen LogP contribution in [0.25, 0.3) is 29.2 Å². The Morgan fingerprint density at radius 1 is 0.700 bits per heavy atom. The van der Waals surface area contributed by atoms with Gasteiger partial charge in [0.25, 0.3) is 8.32 Å². The van der Waals surface area contributed by atoms with Gasteiger partial charge in [0.15, 0.2) is 26.0 Å². The van der Waals surface area contributed by atoms with Crippen molar-refractivity contribution in [2.45, 2.75) is 181 Å². The zero-order valence-corrected chi connectivity index (χ0v) is 59.0. The van der Waals surface area contributed by atoms with E-state index in [0.717, 1.165) is 0 Å². The molecule has 3 heterocycles. The van der Waals surface area contributed by atoms with Crippen molar-refractivity contribution >= 4 is 64.5 Å². The van der Waals surface area contributed by atoms with Crippen LogP contribution in [0.1, 0.15) is 143 Å². The summed E-state index contributed by atoms with van der Waals surface area (Å²) in [5.41, 5.74) is 0.703. The summed E-state index contributed by atoms with van der Waals surface area (Å²) in [6.07, 6.45) is 7.51. The summed E-state index contributed by atoms with van der Waals surface area (Å²) < 4.78 is 83.8. The molecule has 5 rings (SSSR count). The molecule has 0 saturated carbocycles. The molecule has 23 heteroatoms. The van der Waals surface area contributed by atoms with Gasteiger partial charge in [-0.05, 0) is 83.6 Å². The lowest BCUT2D eigenvalue weighted by Gasteiger charge is -2.44. The SMILES string of the molecule is COCO[C@H](CCCC(=O)CP(=O)(OC)OC)CC(=O)O[C@H](C[C@@H](OC)[C@@H](C)CCC(=O)[C@H](C)[C@H](O[Si](C)(C)C(C)(C)C)[C@H](C)CCO[Si](c1ccccc1)(c1ccccc1)C(C)(C)C)[C@@H](C)[C@@H](C/C=C/c1nc(-c2nc(-c3nc(C=O)co3)co2)co1)OC. The molecule has 0 N–H and O–H groups in total. The number of aldehydes is 1. The highest BCUT2D eigenvalue weighted by Gasteiger charge is 2.50. The van der Waals surface area contributed by atoms with Gasteiger partial charge in [0.2, 0.25) is 17.7 Å². The van der Waals surface area contributed by atoms with Crippen LogP contribution in [0.3, 0.4) is 0 Å². The minimum Gasteiger partial charge on any atom is -0.462 e. The van der Waals surface area contributed by atoms with Gasteiger partial charge < -0.3 is 54.8 Å². The van der Waals surface area contributed by atoms with Gasteiger partial charge in [-0.25, -0.2) is 15.0 Å². The van der Waals surface area contributed by atoms with E-state index in [0.29, 0.717) is 50.7 Å². The Labute approximate surface area is 535 Å². The topological polar surface area (TPSA) is 247 Å². The number of ether oxygens (including phenoxy) is 5. The molecule has 3 aromatic heterocycles. The number of oxazole rings is 3. The summed E-state index contributed by atoms with van der Waals surface area (Å²) in [5, 5.41) is 2.13. The predicted molar refractivity (Wildman–Crippen MR) is 350 cm³/mol. The molecule has 2 aromatic carbocycles. The second-order valence-electron chi connectivity index (χ2n) is 26.0. The number of rotatable bonds is 41. The number of Topliss-reactive ketones (excluding diaryl/α,β-unsaturated/α-hetero) is 2. The van der Waals surface area contributed by atoms with Gasteiger partial charge in [-0.1, -0.05) is 136 Å². The van der Waals surface area contributed by atoms with Crippen LogP contribution in [0.4, 0.5) is 0 Å². The van der Waals surface area contributed by atoms with Gasteiger partial charge in [0.1, 0.15) is 55.1 Å². The van der Waals surface area contributed by atoms with E-state index in [1.807, 2.05) is 32.1 Å². The lowest BCUT2D eigenvalue weighted by Crippen LogP contribution is -2.66. The van der Waals surface area contributed by atoms with Crippen LogP contribution in [0.5, 0.6) is 0 Å². The molecule has 0 bridgehead atoms. The van der Waals surface area contributed by atoms with Gasteiger partial charge in [-0.2, -0.15) is 0 Å². The molecule has 0 unspecified atom stereocenters. The van der Waals surface area contributed by atoms with Gasteiger partial charge >= 0.3 is 13.6 Å². The van der Waals surface area contributed by atoms with Crippen molar-refractivity contribution in [1.82, 2.24) is 15.0 Å². The van der Waals surface area contributed by atoms with E-state index >= 15 is 0 Å². The van der Waals surface area contributed by atoms with Crippen molar-refractivity contribution in [3.8, 4) is 23.2 Å². The van der Waals surface area contributed by atoms with E-state index in [9.17, 15) is 23.7 Å². The molecule has 0 aliphatic heterocycles. The van der Waals surface area contributed by atoms with Crippen molar-refractivity contribution in [1.29, 1.82) is 0 Å². The minimum atomic E-state index is -3.55. The molecular weight excluding hydrogens is 1210 g/mol. The molecule has 498 valence electrons. The Balaban J connectivity index is 1.34. The quantitative estimate of drug-likeness (QED) is 0.0116. The third-order valence-corrected chi connectivity index (χ3v) is 28.9. The number of carbonyl (C=O) groups is 4. The Morgan fingerprint density at radius 3 is 1.87 bits per heavy atom. The fraction of sp³-hybridized carbons (Fsp3) is 0.597. The molecule has 0 radical (unpaired) electrons. The van der Waals surface area contributed by atoms with Crippen LogP contribution in [-0.2, 0) is 60.5 Å². The van der Waals surface area contributed by atoms with Crippen molar-refractivity contribution in [3.63, 3.8) is 0 Å². The van der Waals surface area contributed by atoms with Crippen LogP contribution in [0.15, 0.2) is 98.8 Å². The van der Waals surface area contributed by atoms with Crippen molar-refractivity contribution in [2.24, 2.45) is 23.7 Å². The van der Waals surface area contributed by atoms with Gasteiger partial charge in [0.05, 0.1) is 30.8 Å². The van der Waals surface area contributed by atoms with Gasteiger partial charge in [-0.15, -0.1) is 0 Å². The number of hydrogen-bond donors (Lipinski definition) is 0. The van der Waals surface area contributed by atoms with Crippen LogP contribution >= 0.6 is 7.60 Å². The number of aromatic nitrogens is 3. The first-order chi connectivity index (χ1) is 42.6. The number of esters is 1. The number of hydrogen-bond acceptors (Lipinski definition) is 20. The Bertz CT molecular complexity index is 3020. The third kappa shape index (κ3) is 21.1. The molecule has 0 fully saturated rings. The lowest BCUT2D eigenvalue weighted by molar-refractivity contribution is -0.163. The largest absolute Gasteiger partial charge is 0.462 e. The number of ketones is 2. The Morgan fingerprint density at radius 2 is 1.30 bits per heavy atom. The van der Waals surface area contributed by atoms with Crippen molar-refractivity contribution in [2.75, 3.05) is 55.1 Å². The number of carbonyl (C=O) groups excluding carboxylic acids is 4. The Hall–Kier alpha value is -5.37. The molecule has 90 heavy (non-hydrogen) atoms. The van der Waals surface area contributed by atoms with E-state index in [4.69, 9.17) is 54.8 Å². The van der Waals surface area contributed by atoms with Crippen molar-refractivity contribution in [3.05, 3.63) is 97.1 Å². The normalized spacial score (nSPS) is 15.8. The highest BCUT2D eigenvalue weighted by molar-refractivity contribution is 7.54.